The molecule has 1 aromatic rings. The van der Waals surface area contributed by atoms with Crippen LogP contribution in [0.3, 0.4) is 0 Å². The summed E-state index contributed by atoms with van der Waals surface area (Å²) >= 11 is 1.84. The normalized spacial score (nSPS) is 15.1. The van der Waals surface area contributed by atoms with Gasteiger partial charge in [0.15, 0.2) is 0 Å². The second kappa shape index (κ2) is 4.38. The van der Waals surface area contributed by atoms with E-state index in [9.17, 15) is 0 Å². The summed E-state index contributed by atoms with van der Waals surface area (Å²) in [6.07, 6.45) is 3.66. The molecular formula is C10H16N2OS. The van der Waals surface area contributed by atoms with E-state index in [0.29, 0.717) is 0 Å². The third kappa shape index (κ3) is 2.13. The van der Waals surface area contributed by atoms with Gasteiger partial charge < -0.3 is 5.11 Å². The maximum Gasteiger partial charge on any atom is 0.107 e. The number of aryl methyl sites for hydroxylation is 2. The number of aliphatic hydroxyl groups excluding tert-OH is 1. The van der Waals surface area contributed by atoms with Gasteiger partial charge in [0.05, 0.1) is 18.8 Å². The van der Waals surface area contributed by atoms with E-state index in [2.05, 4.69) is 9.88 Å². The molecule has 0 radical (unpaired) electrons. The van der Waals surface area contributed by atoms with Crippen molar-refractivity contribution in [1.29, 1.82) is 0 Å². The van der Waals surface area contributed by atoms with E-state index >= 15 is 0 Å². The molecule has 0 aromatic carbocycles. The van der Waals surface area contributed by atoms with E-state index in [0.717, 1.165) is 19.5 Å². The molecule has 4 heteroatoms. The number of hydrogen-bond donors (Lipinski definition) is 1. The molecule has 1 aliphatic rings. The Bertz CT molecular complexity index is 290. The highest BCUT2D eigenvalue weighted by Gasteiger charge is 2.16. The number of thiazole rings is 1. The quantitative estimate of drug-likeness (QED) is 0.810. The van der Waals surface area contributed by atoms with Crippen molar-refractivity contribution in [2.75, 3.05) is 20.2 Å². The number of hydrogen-bond acceptors (Lipinski definition) is 4. The van der Waals surface area contributed by atoms with Crippen LogP contribution in [-0.2, 0) is 19.4 Å². The Morgan fingerprint density at radius 3 is 3.07 bits per heavy atom. The molecule has 0 spiro atoms. The van der Waals surface area contributed by atoms with Crippen LogP contribution < -0.4 is 0 Å². The summed E-state index contributed by atoms with van der Waals surface area (Å²) in [5.74, 6) is 0. The summed E-state index contributed by atoms with van der Waals surface area (Å²) < 4.78 is 0. The maximum absolute atomic E-state index is 8.77. The first-order valence-electron chi connectivity index (χ1n) is 5.06. The third-order valence-electron chi connectivity index (χ3n) is 2.53. The zero-order chi connectivity index (χ0) is 9.97. The van der Waals surface area contributed by atoms with Crippen molar-refractivity contribution in [3.05, 3.63) is 15.6 Å². The van der Waals surface area contributed by atoms with Gasteiger partial charge in [-0.1, -0.05) is 0 Å². The third-order valence-corrected chi connectivity index (χ3v) is 3.67. The molecule has 0 fully saturated rings. The lowest BCUT2D eigenvalue weighted by atomic mass is 10.4. The molecule has 1 heterocycles. The second-order valence-electron chi connectivity index (χ2n) is 3.79. The Labute approximate surface area is 88.4 Å². The summed E-state index contributed by atoms with van der Waals surface area (Å²) in [6.45, 7) is 1.82. The summed E-state index contributed by atoms with van der Waals surface area (Å²) in [5, 5.41) is 9.97. The molecule has 1 aliphatic carbocycles. The Hall–Kier alpha value is -0.450. The molecule has 3 nitrogen and oxygen atoms in total. The minimum Gasteiger partial charge on any atom is -0.395 e. The SMILES string of the molecule is CN(CCO)Cc1nc2c(s1)CCC2. The lowest BCUT2D eigenvalue weighted by molar-refractivity contribution is 0.217. The summed E-state index contributed by atoms with van der Waals surface area (Å²) in [4.78, 5) is 8.20. The first-order chi connectivity index (χ1) is 6.79. The zero-order valence-electron chi connectivity index (χ0n) is 8.49. The molecular weight excluding hydrogens is 196 g/mol. The lowest BCUT2D eigenvalue weighted by Gasteiger charge is -2.12. The molecule has 0 atom stereocenters. The fourth-order valence-corrected chi connectivity index (χ4v) is 3.03. The van der Waals surface area contributed by atoms with Gasteiger partial charge in [0.25, 0.3) is 0 Å². The van der Waals surface area contributed by atoms with E-state index < -0.39 is 0 Å². The van der Waals surface area contributed by atoms with E-state index in [-0.39, 0.29) is 6.61 Å². The molecule has 0 aliphatic heterocycles. The highest BCUT2D eigenvalue weighted by Crippen LogP contribution is 2.27. The Morgan fingerprint density at radius 2 is 2.36 bits per heavy atom. The highest BCUT2D eigenvalue weighted by atomic mass is 32.1. The molecule has 0 amide bonds. The van der Waals surface area contributed by atoms with Crippen LogP contribution in [0.5, 0.6) is 0 Å². The van der Waals surface area contributed by atoms with E-state index in [4.69, 9.17) is 5.11 Å². The average Bonchev–Trinajstić information content (AvgIpc) is 2.63. The average molecular weight is 212 g/mol. The topological polar surface area (TPSA) is 36.4 Å². The van der Waals surface area contributed by atoms with Crippen LogP contribution in [-0.4, -0.2) is 35.2 Å². The van der Waals surface area contributed by atoms with Crippen LogP contribution in [0.2, 0.25) is 0 Å². The number of fused-ring (bicyclic) bond motifs is 1. The first-order valence-corrected chi connectivity index (χ1v) is 5.88. The van der Waals surface area contributed by atoms with Crippen LogP contribution in [0.1, 0.15) is 22.0 Å². The molecule has 14 heavy (non-hydrogen) atoms. The fourth-order valence-electron chi connectivity index (χ4n) is 1.79. The van der Waals surface area contributed by atoms with Crippen LogP contribution in [0, 0.1) is 0 Å². The standard InChI is InChI=1S/C10H16N2OS/c1-12(5-6-13)7-10-11-8-3-2-4-9(8)14-10/h13H,2-7H2,1H3. The molecule has 78 valence electrons. The van der Waals surface area contributed by atoms with Gasteiger partial charge in [0, 0.05) is 11.4 Å². The van der Waals surface area contributed by atoms with Crippen LogP contribution in [0.15, 0.2) is 0 Å². The van der Waals surface area contributed by atoms with Crippen LogP contribution >= 0.6 is 11.3 Å². The van der Waals surface area contributed by atoms with E-state index in [1.165, 1.54) is 28.4 Å². The van der Waals surface area contributed by atoms with Gasteiger partial charge in [0.2, 0.25) is 0 Å². The maximum atomic E-state index is 8.77. The number of rotatable bonds is 4. The predicted octanol–water partition coefficient (Wildman–Crippen LogP) is 1.06. The first kappa shape index (κ1) is 10.1. The Balaban J connectivity index is 1.97. The van der Waals surface area contributed by atoms with Gasteiger partial charge in [-0.15, -0.1) is 11.3 Å². The predicted molar refractivity (Wildman–Crippen MR) is 57.6 cm³/mol. The van der Waals surface area contributed by atoms with Crippen molar-refractivity contribution in [3.8, 4) is 0 Å². The van der Waals surface area contributed by atoms with E-state index in [1.54, 1.807) is 0 Å². The molecule has 0 unspecified atom stereocenters. The van der Waals surface area contributed by atoms with Gasteiger partial charge in [-0.2, -0.15) is 0 Å². The molecule has 0 saturated carbocycles. The molecule has 2 rings (SSSR count). The number of aromatic nitrogens is 1. The zero-order valence-corrected chi connectivity index (χ0v) is 9.31. The monoisotopic (exact) mass is 212 g/mol. The largest absolute Gasteiger partial charge is 0.395 e. The van der Waals surface area contributed by atoms with Crippen LogP contribution in [0.4, 0.5) is 0 Å². The second-order valence-corrected chi connectivity index (χ2v) is 4.96. The Morgan fingerprint density at radius 1 is 1.50 bits per heavy atom. The lowest BCUT2D eigenvalue weighted by Crippen LogP contribution is -2.21. The van der Waals surface area contributed by atoms with Gasteiger partial charge >= 0.3 is 0 Å². The molecule has 0 bridgehead atoms. The van der Waals surface area contributed by atoms with Crippen molar-refractivity contribution in [2.24, 2.45) is 0 Å². The van der Waals surface area contributed by atoms with Crippen molar-refractivity contribution >= 4 is 11.3 Å². The number of likely N-dealkylation sites (N-methyl/N-ethyl adjacent to an activating group) is 1. The van der Waals surface area contributed by atoms with E-state index in [1.807, 2.05) is 18.4 Å². The minimum absolute atomic E-state index is 0.224. The van der Waals surface area contributed by atoms with Crippen molar-refractivity contribution in [1.82, 2.24) is 9.88 Å². The van der Waals surface area contributed by atoms with Gasteiger partial charge in [-0.25, -0.2) is 4.98 Å². The fraction of sp³-hybridized carbons (Fsp3) is 0.700. The Kier molecular flexibility index (Phi) is 3.15. The number of aliphatic hydroxyl groups is 1. The summed E-state index contributed by atoms with van der Waals surface area (Å²) in [7, 11) is 2.02. The summed E-state index contributed by atoms with van der Waals surface area (Å²) in [5.41, 5.74) is 1.32. The summed E-state index contributed by atoms with van der Waals surface area (Å²) in [6, 6.07) is 0. The van der Waals surface area contributed by atoms with Gasteiger partial charge in [-0.3, -0.25) is 4.90 Å². The highest BCUT2D eigenvalue weighted by molar-refractivity contribution is 7.11. The number of nitrogens with zero attached hydrogens (tertiary/aromatic N) is 2. The minimum atomic E-state index is 0.224. The van der Waals surface area contributed by atoms with Gasteiger partial charge in [-0.05, 0) is 26.3 Å². The molecule has 0 saturated heterocycles. The van der Waals surface area contributed by atoms with Crippen molar-refractivity contribution in [3.63, 3.8) is 0 Å². The molecule has 1 aromatic heterocycles. The smallest absolute Gasteiger partial charge is 0.107 e. The van der Waals surface area contributed by atoms with Gasteiger partial charge in [0.1, 0.15) is 5.01 Å². The van der Waals surface area contributed by atoms with Crippen LogP contribution in [0.25, 0.3) is 0 Å². The molecule has 1 N–H and O–H groups in total. The van der Waals surface area contributed by atoms with Crippen molar-refractivity contribution < 1.29 is 5.11 Å². The van der Waals surface area contributed by atoms with Crippen molar-refractivity contribution in [2.45, 2.75) is 25.8 Å².